The standard InChI is InChI=1S/C18H19Cl2N/c1-2-3-4-12-5-8-17-13(9-12)10-18(21-17)15-7-6-14(19)11-16(15)20/h5-9,11,18,21H,2-4,10H2,1H3. The minimum absolute atomic E-state index is 0.242. The predicted molar refractivity (Wildman–Crippen MR) is 91.6 cm³/mol. The van der Waals surface area contributed by atoms with Crippen LogP contribution in [0.1, 0.15) is 42.5 Å². The second-order valence-corrected chi connectivity index (χ2v) is 6.51. The van der Waals surface area contributed by atoms with Crippen LogP contribution in [0, 0.1) is 0 Å². The van der Waals surface area contributed by atoms with Crippen LogP contribution in [0.4, 0.5) is 5.69 Å². The molecule has 1 atom stereocenters. The molecule has 1 N–H and O–H groups in total. The van der Waals surface area contributed by atoms with Gasteiger partial charge in [-0.25, -0.2) is 0 Å². The highest BCUT2D eigenvalue weighted by Crippen LogP contribution is 2.38. The Morgan fingerprint density at radius 2 is 2.00 bits per heavy atom. The summed E-state index contributed by atoms with van der Waals surface area (Å²) in [6.07, 6.45) is 4.63. The molecule has 0 radical (unpaired) electrons. The summed E-state index contributed by atoms with van der Waals surface area (Å²) >= 11 is 12.3. The second-order valence-electron chi connectivity index (χ2n) is 5.66. The maximum absolute atomic E-state index is 6.33. The molecule has 0 saturated carbocycles. The Labute approximate surface area is 136 Å². The third-order valence-corrected chi connectivity index (χ3v) is 4.64. The fourth-order valence-corrected chi connectivity index (χ4v) is 3.46. The lowest BCUT2D eigenvalue weighted by atomic mass is 10.00. The number of halogens is 2. The number of unbranched alkanes of at least 4 members (excludes halogenated alkanes) is 1. The van der Waals surface area contributed by atoms with E-state index in [0.29, 0.717) is 5.02 Å². The molecule has 110 valence electrons. The fourth-order valence-electron chi connectivity index (χ4n) is 2.92. The molecule has 0 amide bonds. The zero-order valence-electron chi connectivity index (χ0n) is 12.1. The highest BCUT2D eigenvalue weighted by atomic mass is 35.5. The first-order valence-corrected chi connectivity index (χ1v) is 8.26. The molecule has 3 rings (SSSR count). The zero-order valence-corrected chi connectivity index (χ0v) is 13.6. The average Bonchev–Trinajstić information content (AvgIpc) is 2.87. The number of anilines is 1. The number of hydrogen-bond donors (Lipinski definition) is 1. The van der Waals surface area contributed by atoms with E-state index in [1.807, 2.05) is 18.2 Å². The molecule has 0 aromatic heterocycles. The normalized spacial score (nSPS) is 16.6. The Bertz CT molecular complexity index is 652. The van der Waals surface area contributed by atoms with Crippen LogP contribution >= 0.6 is 23.2 Å². The minimum Gasteiger partial charge on any atom is -0.378 e. The lowest BCUT2D eigenvalue weighted by Crippen LogP contribution is -2.06. The lowest BCUT2D eigenvalue weighted by molar-refractivity contribution is 0.792. The van der Waals surface area contributed by atoms with Gasteiger partial charge in [-0.15, -0.1) is 0 Å². The first-order chi connectivity index (χ1) is 10.2. The zero-order chi connectivity index (χ0) is 14.8. The van der Waals surface area contributed by atoms with Crippen LogP contribution < -0.4 is 5.32 Å². The third kappa shape index (κ3) is 3.20. The van der Waals surface area contributed by atoms with Crippen molar-refractivity contribution in [3.8, 4) is 0 Å². The molecule has 0 saturated heterocycles. The van der Waals surface area contributed by atoms with Gasteiger partial charge in [0.2, 0.25) is 0 Å². The van der Waals surface area contributed by atoms with Gasteiger partial charge in [-0.1, -0.05) is 54.7 Å². The van der Waals surface area contributed by atoms with Crippen molar-refractivity contribution in [3.63, 3.8) is 0 Å². The van der Waals surface area contributed by atoms with Gasteiger partial charge in [0.15, 0.2) is 0 Å². The van der Waals surface area contributed by atoms with Crippen LogP contribution in [-0.2, 0) is 12.8 Å². The summed E-state index contributed by atoms with van der Waals surface area (Å²) in [7, 11) is 0. The van der Waals surface area contributed by atoms with Crippen molar-refractivity contribution in [1.82, 2.24) is 0 Å². The summed E-state index contributed by atoms with van der Waals surface area (Å²) < 4.78 is 0. The Morgan fingerprint density at radius 1 is 1.14 bits per heavy atom. The Kier molecular flexibility index (Phi) is 4.42. The molecule has 0 bridgehead atoms. The van der Waals surface area contributed by atoms with Crippen molar-refractivity contribution < 1.29 is 0 Å². The van der Waals surface area contributed by atoms with E-state index < -0.39 is 0 Å². The van der Waals surface area contributed by atoms with Gasteiger partial charge in [-0.2, -0.15) is 0 Å². The first-order valence-electron chi connectivity index (χ1n) is 7.50. The molecule has 2 aromatic carbocycles. The average molecular weight is 320 g/mol. The largest absolute Gasteiger partial charge is 0.378 e. The second kappa shape index (κ2) is 6.29. The molecule has 0 spiro atoms. The monoisotopic (exact) mass is 319 g/mol. The predicted octanol–water partition coefficient (Wildman–Crippen LogP) is 6.05. The van der Waals surface area contributed by atoms with E-state index >= 15 is 0 Å². The number of fused-ring (bicyclic) bond motifs is 1. The lowest BCUT2D eigenvalue weighted by Gasteiger charge is -2.13. The summed E-state index contributed by atoms with van der Waals surface area (Å²) in [6, 6.07) is 12.7. The van der Waals surface area contributed by atoms with Crippen molar-refractivity contribution in [3.05, 3.63) is 63.1 Å². The van der Waals surface area contributed by atoms with Crippen molar-refractivity contribution in [2.45, 2.75) is 38.6 Å². The van der Waals surface area contributed by atoms with Crippen molar-refractivity contribution in [2.24, 2.45) is 0 Å². The number of rotatable bonds is 4. The van der Waals surface area contributed by atoms with Crippen LogP contribution in [0.2, 0.25) is 10.0 Å². The summed E-state index contributed by atoms with van der Waals surface area (Å²) in [4.78, 5) is 0. The van der Waals surface area contributed by atoms with E-state index in [0.717, 1.165) is 23.4 Å². The van der Waals surface area contributed by atoms with E-state index in [1.165, 1.54) is 29.7 Å². The van der Waals surface area contributed by atoms with Gasteiger partial charge in [0.05, 0.1) is 6.04 Å². The summed E-state index contributed by atoms with van der Waals surface area (Å²) in [6.45, 7) is 2.23. The van der Waals surface area contributed by atoms with Crippen LogP contribution in [0.3, 0.4) is 0 Å². The molecule has 0 aliphatic carbocycles. The highest BCUT2D eigenvalue weighted by molar-refractivity contribution is 6.35. The molecule has 1 aliphatic rings. The van der Waals surface area contributed by atoms with Crippen molar-refractivity contribution in [1.29, 1.82) is 0 Å². The Morgan fingerprint density at radius 3 is 2.76 bits per heavy atom. The van der Waals surface area contributed by atoms with E-state index in [2.05, 4.69) is 30.4 Å². The number of benzene rings is 2. The summed E-state index contributed by atoms with van der Waals surface area (Å²) in [5, 5.41) is 4.98. The van der Waals surface area contributed by atoms with Crippen LogP contribution in [0.15, 0.2) is 36.4 Å². The summed E-state index contributed by atoms with van der Waals surface area (Å²) in [5.74, 6) is 0. The van der Waals surface area contributed by atoms with Crippen LogP contribution in [0.5, 0.6) is 0 Å². The molecule has 1 nitrogen and oxygen atoms in total. The fraction of sp³-hybridized carbons (Fsp3) is 0.333. The smallest absolute Gasteiger partial charge is 0.0569 e. The number of nitrogens with one attached hydrogen (secondary N) is 1. The SMILES string of the molecule is CCCCc1ccc2c(c1)CC(c1ccc(Cl)cc1Cl)N2. The summed E-state index contributed by atoms with van der Waals surface area (Å²) in [5.41, 5.74) is 5.17. The first kappa shape index (κ1) is 14.7. The van der Waals surface area contributed by atoms with E-state index in [1.54, 1.807) is 0 Å². The minimum atomic E-state index is 0.242. The Hall–Kier alpha value is -1.18. The van der Waals surface area contributed by atoms with Gasteiger partial charge in [-0.05, 0) is 54.2 Å². The van der Waals surface area contributed by atoms with Crippen LogP contribution in [0.25, 0.3) is 0 Å². The molecular weight excluding hydrogens is 301 g/mol. The molecule has 1 aliphatic heterocycles. The molecule has 0 fully saturated rings. The van der Waals surface area contributed by atoms with Gasteiger partial charge in [-0.3, -0.25) is 0 Å². The van der Waals surface area contributed by atoms with E-state index in [4.69, 9.17) is 23.2 Å². The van der Waals surface area contributed by atoms with Gasteiger partial charge in [0.25, 0.3) is 0 Å². The van der Waals surface area contributed by atoms with Crippen molar-refractivity contribution in [2.75, 3.05) is 5.32 Å². The topological polar surface area (TPSA) is 12.0 Å². The molecule has 21 heavy (non-hydrogen) atoms. The third-order valence-electron chi connectivity index (χ3n) is 4.08. The quantitative estimate of drug-likeness (QED) is 0.723. The molecule has 3 heteroatoms. The maximum atomic E-state index is 6.33. The highest BCUT2D eigenvalue weighted by Gasteiger charge is 2.23. The van der Waals surface area contributed by atoms with Gasteiger partial charge >= 0.3 is 0 Å². The molecule has 1 unspecified atom stereocenters. The van der Waals surface area contributed by atoms with Gasteiger partial charge in [0.1, 0.15) is 0 Å². The van der Waals surface area contributed by atoms with Crippen LogP contribution in [-0.4, -0.2) is 0 Å². The van der Waals surface area contributed by atoms with Crippen molar-refractivity contribution >= 4 is 28.9 Å². The molecule has 2 aromatic rings. The number of aryl methyl sites for hydroxylation is 1. The van der Waals surface area contributed by atoms with Gasteiger partial charge < -0.3 is 5.32 Å². The van der Waals surface area contributed by atoms with E-state index in [9.17, 15) is 0 Å². The van der Waals surface area contributed by atoms with Gasteiger partial charge in [0, 0.05) is 15.7 Å². The Balaban J connectivity index is 1.80. The maximum Gasteiger partial charge on any atom is 0.0569 e. The number of hydrogen-bond acceptors (Lipinski definition) is 1. The molecular formula is C18H19Cl2N. The van der Waals surface area contributed by atoms with E-state index in [-0.39, 0.29) is 6.04 Å². The molecule has 1 heterocycles.